The van der Waals surface area contributed by atoms with Crippen LogP contribution >= 0.6 is 0 Å². The Labute approximate surface area is 114 Å². The van der Waals surface area contributed by atoms with E-state index in [1.165, 1.54) is 6.92 Å². The molecule has 102 valence electrons. The Hall–Kier alpha value is -1.90. The summed E-state index contributed by atoms with van der Waals surface area (Å²) in [6.45, 7) is 3.35. The van der Waals surface area contributed by atoms with Gasteiger partial charge >= 0.3 is 11.9 Å². The maximum atomic E-state index is 11.8. The molecule has 0 amide bonds. The summed E-state index contributed by atoms with van der Waals surface area (Å²) in [6, 6.07) is 9.57. The van der Waals surface area contributed by atoms with E-state index in [0.717, 1.165) is 24.8 Å². The normalized spacial score (nSPS) is 11.2. The van der Waals surface area contributed by atoms with Gasteiger partial charge in [0.05, 0.1) is 0 Å². The highest BCUT2D eigenvalue weighted by Gasteiger charge is 2.13. The topological polar surface area (TPSA) is 43.4 Å². The van der Waals surface area contributed by atoms with E-state index in [0.29, 0.717) is 12.0 Å². The Bertz CT molecular complexity index is 446. The van der Waals surface area contributed by atoms with Crippen LogP contribution in [-0.2, 0) is 14.3 Å². The first-order valence-electron chi connectivity index (χ1n) is 6.62. The molecule has 0 atom stereocenters. The summed E-state index contributed by atoms with van der Waals surface area (Å²) in [5.74, 6) is -1.10. The van der Waals surface area contributed by atoms with Crippen molar-refractivity contribution in [3.05, 3.63) is 41.5 Å². The minimum absolute atomic E-state index is 0.535. The van der Waals surface area contributed by atoms with Crippen LogP contribution in [0.2, 0.25) is 0 Å². The summed E-state index contributed by atoms with van der Waals surface area (Å²) in [4.78, 5) is 22.7. The third kappa shape index (κ3) is 6.00. The fourth-order valence-electron chi connectivity index (χ4n) is 1.75. The molecule has 0 aliphatic rings. The van der Waals surface area contributed by atoms with Gasteiger partial charge in [0.15, 0.2) is 0 Å². The van der Waals surface area contributed by atoms with Crippen molar-refractivity contribution in [1.29, 1.82) is 0 Å². The Morgan fingerprint density at radius 2 is 1.84 bits per heavy atom. The molecule has 0 N–H and O–H groups in total. The Morgan fingerprint density at radius 1 is 1.16 bits per heavy atom. The molecular weight excluding hydrogens is 240 g/mol. The first-order chi connectivity index (χ1) is 9.13. The Balaban J connectivity index is 2.82. The maximum Gasteiger partial charge on any atom is 0.341 e. The molecule has 0 fully saturated rings. The number of hydrogen-bond donors (Lipinski definition) is 0. The number of rotatable bonds is 6. The summed E-state index contributed by atoms with van der Waals surface area (Å²) >= 11 is 0. The van der Waals surface area contributed by atoms with E-state index in [9.17, 15) is 9.59 Å². The highest BCUT2D eigenvalue weighted by atomic mass is 16.6. The van der Waals surface area contributed by atoms with Crippen LogP contribution in [0.1, 0.15) is 45.1 Å². The number of esters is 2. The van der Waals surface area contributed by atoms with Gasteiger partial charge in [-0.3, -0.25) is 4.79 Å². The summed E-state index contributed by atoms with van der Waals surface area (Å²) < 4.78 is 4.67. The monoisotopic (exact) mass is 260 g/mol. The zero-order valence-electron chi connectivity index (χ0n) is 11.5. The lowest BCUT2D eigenvalue weighted by molar-refractivity contribution is -0.155. The van der Waals surface area contributed by atoms with Crippen molar-refractivity contribution >= 4 is 18.0 Å². The molecule has 0 saturated carbocycles. The minimum Gasteiger partial charge on any atom is -0.390 e. The number of carbonyl (C=O) groups is 2. The van der Waals surface area contributed by atoms with E-state index in [-0.39, 0.29) is 0 Å². The molecule has 0 spiro atoms. The fourth-order valence-corrected chi connectivity index (χ4v) is 1.75. The Morgan fingerprint density at radius 3 is 2.42 bits per heavy atom. The van der Waals surface area contributed by atoms with Crippen molar-refractivity contribution in [3.63, 3.8) is 0 Å². The van der Waals surface area contributed by atoms with Gasteiger partial charge in [-0.1, -0.05) is 50.1 Å². The van der Waals surface area contributed by atoms with Gasteiger partial charge in [0.2, 0.25) is 0 Å². The van der Waals surface area contributed by atoms with Crippen LogP contribution in [0.25, 0.3) is 6.08 Å². The SMILES string of the molecule is CCCCC/C(=C\c1ccccc1)C(=O)OC(C)=O. The number of carbonyl (C=O) groups excluding carboxylic acids is 2. The predicted octanol–water partition coefficient (Wildman–Crippen LogP) is 3.74. The van der Waals surface area contributed by atoms with Gasteiger partial charge in [0.1, 0.15) is 0 Å². The maximum absolute atomic E-state index is 11.8. The predicted molar refractivity (Wildman–Crippen MR) is 75.3 cm³/mol. The number of benzene rings is 1. The van der Waals surface area contributed by atoms with Gasteiger partial charge in [-0.25, -0.2) is 4.79 Å². The highest BCUT2D eigenvalue weighted by Crippen LogP contribution is 2.15. The zero-order valence-corrected chi connectivity index (χ0v) is 11.5. The summed E-state index contributed by atoms with van der Waals surface area (Å²) in [5, 5.41) is 0. The van der Waals surface area contributed by atoms with Crippen molar-refractivity contribution in [2.24, 2.45) is 0 Å². The van der Waals surface area contributed by atoms with Gasteiger partial charge in [-0.05, 0) is 24.5 Å². The largest absolute Gasteiger partial charge is 0.390 e. The second kappa shape index (κ2) is 8.25. The molecule has 1 rings (SSSR count). The van der Waals surface area contributed by atoms with Crippen molar-refractivity contribution < 1.29 is 14.3 Å². The van der Waals surface area contributed by atoms with Crippen LogP contribution < -0.4 is 0 Å². The lowest BCUT2D eigenvalue weighted by Gasteiger charge is -2.06. The van der Waals surface area contributed by atoms with Crippen molar-refractivity contribution in [1.82, 2.24) is 0 Å². The molecule has 0 bridgehead atoms. The molecule has 0 aliphatic heterocycles. The van der Waals surface area contributed by atoms with E-state index in [2.05, 4.69) is 11.7 Å². The quantitative estimate of drug-likeness (QED) is 0.339. The first kappa shape index (κ1) is 15.2. The number of hydrogen-bond acceptors (Lipinski definition) is 3. The lowest BCUT2D eigenvalue weighted by Crippen LogP contribution is -2.11. The average Bonchev–Trinajstić information content (AvgIpc) is 2.38. The molecule has 0 heterocycles. The number of ether oxygens (including phenoxy) is 1. The van der Waals surface area contributed by atoms with Crippen LogP contribution in [-0.4, -0.2) is 11.9 Å². The molecule has 3 nitrogen and oxygen atoms in total. The third-order valence-corrected chi connectivity index (χ3v) is 2.69. The van der Waals surface area contributed by atoms with Crippen LogP contribution in [0.3, 0.4) is 0 Å². The van der Waals surface area contributed by atoms with Gasteiger partial charge in [-0.15, -0.1) is 0 Å². The Kier molecular flexibility index (Phi) is 6.58. The standard InChI is InChI=1S/C16H20O3/c1-3-4-6-11-15(16(18)19-13(2)17)12-14-9-7-5-8-10-14/h5,7-10,12H,3-4,6,11H2,1-2H3/b15-12+. The smallest absolute Gasteiger partial charge is 0.341 e. The average molecular weight is 260 g/mol. The van der Waals surface area contributed by atoms with Crippen molar-refractivity contribution in [2.45, 2.75) is 39.5 Å². The second-order valence-electron chi connectivity index (χ2n) is 4.42. The van der Waals surface area contributed by atoms with Gasteiger partial charge < -0.3 is 4.74 Å². The molecule has 0 aliphatic carbocycles. The van der Waals surface area contributed by atoms with Gasteiger partial charge in [-0.2, -0.15) is 0 Å². The van der Waals surface area contributed by atoms with Crippen LogP contribution in [0, 0.1) is 0 Å². The zero-order chi connectivity index (χ0) is 14.1. The summed E-state index contributed by atoms with van der Waals surface area (Å²) in [6.07, 6.45) is 5.48. The van der Waals surface area contributed by atoms with Crippen LogP contribution in [0.5, 0.6) is 0 Å². The lowest BCUT2D eigenvalue weighted by atomic mass is 10.0. The second-order valence-corrected chi connectivity index (χ2v) is 4.42. The molecule has 0 aromatic heterocycles. The highest BCUT2D eigenvalue weighted by molar-refractivity contribution is 5.99. The van der Waals surface area contributed by atoms with Gasteiger partial charge in [0, 0.05) is 12.5 Å². The fraction of sp³-hybridized carbons (Fsp3) is 0.375. The van der Waals surface area contributed by atoms with E-state index in [4.69, 9.17) is 0 Å². The van der Waals surface area contributed by atoms with E-state index >= 15 is 0 Å². The minimum atomic E-state index is -0.570. The molecule has 0 unspecified atom stereocenters. The summed E-state index contributed by atoms with van der Waals surface area (Å²) in [7, 11) is 0. The molecule has 0 radical (unpaired) electrons. The van der Waals surface area contributed by atoms with Crippen molar-refractivity contribution in [2.75, 3.05) is 0 Å². The van der Waals surface area contributed by atoms with Crippen molar-refractivity contribution in [3.8, 4) is 0 Å². The number of unbranched alkanes of at least 4 members (excludes halogenated alkanes) is 2. The van der Waals surface area contributed by atoms with E-state index in [1.54, 1.807) is 6.08 Å². The first-order valence-corrected chi connectivity index (χ1v) is 6.62. The molecule has 19 heavy (non-hydrogen) atoms. The molecular formula is C16H20O3. The van der Waals surface area contributed by atoms with Crippen LogP contribution in [0.4, 0.5) is 0 Å². The summed E-state index contributed by atoms with van der Waals surface area (Å²) in [5.41, 5.74) is 1.49. The molecule has 1 aromatic carbocycles. The molecule has 1 aromatic rings. The van der Waals surface area contributed by atoms with Crippen LogP contribution in [0.15, 0.2) is 35.9 Å². The molecule has 3 heteroatoms. The van der Waals surface area contributed by atoms with E-state index in [1.807, 2.05) is 30.3 Å². The van der Waals surface area contributed by atoms with Gasteiger partial charge in [0.25, 0.3) is 0 Å². The van der Waals surface area contributed by atoms with E-state index < -0.39 is 11.9 Å². The molecule has 0 saturated heterocycles. The third-order valence-electron chi connectivity index (χ3n) is 2.69.